The van der Waals surface area contributed by atoms with E-state index in [-0.39, 0.29) is 5.91 Å². The van der Waals surface area contributed by atoms with Crippen LogP contribution in [0, 0.1) is 11.3 Å². The molecule has 27 heavy (non-hydrogen) atoms. The quantitative estimate of drug-likeness (QED) is 0.658. The highest BCUT2D eigenvalue weighted by atomic mass is 35.5. The van der Waals surface area contributed by atoms with Crippen molar-refractivity contribution in [3.63, 3.8) is 0 Å². The molecule has 1 N–H and O–H groups in total. The van der Waals surface area contributed by atoms with Crippen LogP contribution in [0.25, 0.3) is 11.1 Å². The van der Waals surface area contributed by atoms with E-state index in [4.69, 9.17) is 21.6 Å². The summed E-state index contributed by atoms with van der Waals surface area (Å²) < 4.78 is 5.72. The third kappa shape index (κ3) is 4.66. The summed E-state index contributed by atoms with van der Waals surface area (Å²) in [5.41, 5.74) is 3.04. The highest BCUT2D eigenvalue weighted by Crippen LogP contribution is 2.31. The minimum absolute atomic E-state index is 0.326. The normalized spacial score (nSPS) is 11.3. The summed E-state index contributed by atoms with van der Waals surface area (Å²) in [6.45, 7) is 1.64. The van der Waals surface area contributed by atoms with Crippen molar-refractivity contribution >= 4 is 23.2 Å². The first-order valence-electron chi connectivity index (χ1n) is 8.39. The first-order valence-corrected chi connectivity index (χ1v) is 8.77. The molecule has 3 aromatic carbocycles. The second-order valence-corrected chi connectivity index (χ2v) is 6.36. The zero-order chi connectivity index (χ0) is 19.2. The van der Waals surface area contributed by atoms with Crippen LogP contribution in [0.2, 0.25) is 5.02 Å². The predicted molar refractivity (Wildman–Crippen MR) is 107 cm³/mol. The number of rotatable bonds is 5. The molecule has 0 spiro atoms. The Morgan fingerprint density at radius 1 is 1.04 bits per heavy atom. The lowest BCUT2D eigenvalue weighted by molar-refractivity contribution is -0.122. The van der Waals surface area contributed by atoms with Crippen molar-refractivity contribution in [3.8, 4) is 22.9 Å². The Labute approximate surface area is 163 Å². The van der Waals surface area contributed by atoms with E-state index < -0.39 is 6.10 Å². The molecule has 3 rings (SSSR count). The van der Waals surface area contributed by atoms with Crippen molar-refractivity contribution in [2.24, 2.45) is 0 Å². The van der Waals surface area contributed by atoms with Crippen LogP contribution in [0.4, 0.5) is 5.69 Å². The molecule has 1 amide bonds. The number of benzene rings is 3. The van der Waals surface area contributed by atoms with Gasteiger partial charge in [0.15, 0.2) is 6.10 Å². The second-order valence-electron chi connectivity index (χ2n) is 5.95. The van der Waals surface area contributed by atoms with Gasteiger partial charge >= 0.3 is 0 Å². The van der Waals surface area contributed by atoms with Crippen molar-refractivity contribution in [1.29, 1.82) is 5.26 Å². The van der Waals surface area contributed by atoms with Crippen LogP contribution in [0.1, 0.15) is 12.5 Å². The zero-order valence-corrected chi connectivity index (χ0v) is 15.4. The van der Waals surface area contributed by atoms with Crippen LogP contribution >= 0.6 is 11.6 Å². The van der Waals surface area contributed by atoms with Gasteiger partial charge in [-0.3, -0.25) is 4.79 Å². The van der Waals surface area contributed by atoms with Crippen LogP contribution in [-0.4, -0.2) is 12.0 Å². The molecule has 5 heteroatoms. The molecule has 0 saturated heterocycles. The molecule has 1 atom stereocenters. The molecular weight excluding hydrogens is 360 g/mol. The number of nitriles is 1. The van der Waals surface area contributed by atoms with E-state index in [2.05, 4.69) is 5.32 Å². The first-order chi connectivity index (χ1) is 13.1. The first kappa shape index (κ1) is 18.5. The molecule has 0 heterocycles. The monoisotopic (exact) mass is 376 g/mol. The number of amides is 1. The van der Waals surface area contributed by atoms with Crippen LogP contribution < -0.4 is 10.1 Å². The summed E-state index contributed by atoms with van der Waals surface area (Å²) in [4.78, 5) is 12.4. The van der Waals surface area contributed by atoms with Gasteiger partial charge in [0.25, 0.3) is 5.91 Å². The molecule has 0 aliphatic heterocycles. The van der Waals surface area contributed by atoms with E-state index in [1.54, 1.807) is 37.3 Å². The number of ether oxygens (including phenoxy) is 1. The van der Waals surface area contributed by atoms with E-state index >= 15 is 0 Å². The largest absolute Gasteiger partial charge is 0.479 e. The van der Waals surface area contributed by atoms with Gasteiger partial charge in [-0.1, -0.05) is 54.1 Å². The Bertz CT molecular complexity index is 997. The van der Waals surface area contributed by atoms with Gasteiger partial charge in [-0.25, -0.2) is 0 Å². The van der Waals surface area contributed by atoms with Gasteiger partial charge in [0, 0.05) is 5.69 Å². The van der Waals surface area contributed by atoms with E-state index in [0.29, 0.717) is 22.0 Å². The Hall–Kier alpha value is -3.29. The van der Waals surface area contributed by atoms with E-state index in [0.717, 1.165) is 11.1 Å². The maximum Gasteiger partial charge on any atom is 0.265 e. The summed E-state index contributed by atoms with van der Waals surface area (Å²) in [5, 5.41) is 12.1. The van der Waals surface area contributed by atoms with Crippen molar-refractivity contribution in [2.45, 2.75) is 13.0 Å². The van der Waals surface area contributed by atoms with Gasteiger partial charge < -0.3 is 10.1 Å². The third-order valence-corrected chi connectivity index (χ3v) is 4.27. The summed E-state index contributed by atoms with van der Waals surface area (Å²) >= 11 is 6.34. The maximum absolute atomic E-state index is 12.4. The van der Waals surface area contributed by atoms with Crippen LogP contribution in [0.3, 0.4) is 0 Å². The van der Waals surface area contributed by atoms with E-state index in [9.17, 15) is 4.79 Å². The molecule has 0 bridgehead atoms. The minimum Gasteiger partial charge on any atom is -0.479 e. The van der Waals surface area contributed by atoms with Gasteiger partial charge in [-0.05, 0) is 48.4 Å². The fourth-order valence-electron chi connectivity index (χ4n) is 2.56. The van der Waals surface area contributed by atoms with Gasteiger partial charge in [0.2, 0.25) is 0 Å². The zero-order valence-electron chi connectivity index (χ0n) is 14.6. The average Bonchev–Trinajstić information content (AvgIpc) is 2.70. The van der Waals surface area contributed by atoms with Crippen molar-refractivity contribution in [1.82, 2.24) is 0 Å². The standard InChI is InChI=1S/C22H17ClN2O2/c1-15(22(26)25-19-9-5-6-16(12-19)14-24)27-21-11-10-18(13-20(21)23)17-7-3-2-4-8-17/h2-13,15H,1H3,(H,25,26)/t15-/m0/s1. The molecule has 0 radical (unpaired) electrons. The molecule has 0 aliphatic carbocycles. The smallest absolute Gasteiger partial charge is 0.265 e. The number of anilines is 1. The number of nitrogens with one attached hydrogen (secondary N) is 1. The van der Waals surface area contributed by atoms with Gasteiger partial charge in [0.05, 0.1) is 16.7 Å². The number of halogens is 1. The average molecular weight is 377 g/mol. The molecular formula is C22H17ClN2O2. The molecule has 4 nitrogen and oxygen atoms in total. The number of hydrogen-bond acceptors (Lipinski definition) is 3. The lowest BCUT2D eigenvalue weighted by Gasteiger charge is -2.16. The van der Waals surface area contributed by atoms with Crippen LogP contribution in [0.15, 0.2) is 72.8 Å². The molecule has 0 aliphatic rings. The van der Waals surface area contributed by atoms with Gasteiger partial charge in [0.1, 0.15) is 5.75 Å². The SMILES string of the molecule is C[C@H](Oc1ccc(-c2ccccc2)cc1Cl)C(=O)Nc1cccc(C#N)c1. The second kappa shape index (κ2) is 8.39. The van der Waals surface area contributed by atoms with Gasteiger partial charge in [-0.15, -0.1) is 0 Å². The highest BCUT2D eigenvalue weighted by Gasteiger charge is 2.17. The highest BCUT2D eigenvalue weighted by molar-refractivity contribution is 6.32. The van der Waals surface area contributed by atoms with Crippen LogP contribution in [0.5, 0.6) is 5.75 Å². The number of carbonyl (C=O) groups is 1. The summed E-state index contributed by atoms with van der Waals surface area (Å²) in [7, 11) is 0. The minimum atomic E-state index is -0.754. The Balaban J connectivity index is 1.69. The lowest BCUT2D eigenvalue weighted by Crippen LogP contribution is -2.30. The van der Waals surface area contributed by atoms with Crippen molar-refractivity contribution in [2.75, 3.05) is 5.32 Å². The van der Waals surface area contributed by atoms with Gasteiger partial charge in [-0.2, -0.15) is 5.26 Å². The Kier molecular flexibility index (Phi) is 5.75. The Morgan fingerprint density at radius 3 is 2.52 bits per heavy atom. The van der Waals surface area contributed by atoms with Crippen LogP contribution in [-0.2, 0) is 4.79 Å². The molecule has 134 valence electrons. The van der Waals surface area contributed by atoms with E-state index in [1.165, 1.54) is 0 Å². The summed E-state index contributed by atoms with van der Waals surface area (Å²) in [6.07, 6.45) is -0.754. The van der Waals surface area contributed by atoms with Crippen molar-refractivity contribution in [3.05, 3.63) is 83.4 Å². The molecule has 0 aromatic heterocycles. The fourth-order valence-corrected chi connectivity index (χ4v) is 2.79. The molecule has 0 saturated carbocycles. The predicted octanol–water partition coefficient (Wildman–Crippen LogP) is 5.28. The number of hydrogen-bond donors (Lipinski definition) is 1. The number of nitrogens with zero attached hydrogens (tertiary/aromatic N) is 1. The lowest BCUT2D eigenvalue weighted by atomic mass is 10.1. The summed E-state index contributed by atoms with van der Waals surface area (Å²) in [6, 6.07) is 24.1. The molecule has 3 aromatic rings. The third-order valence-electron chi connectivity index (χ3n) is 3.97. The van der Waals surface area contributed by atoms with E-state index in [1.807, 2.05) is 48.5 Å². The Morgan fingerprint density at radius 2 is 1.81 bits per heavy atom. The number of carbonyl (C=O) groups excluding carboxylic acids is 1. The summed E-state index contributed by atoms with van der Waals surface area (Å²) in [5.74, 6) is 0.109. The van der Waals surface area contributed by atoms with Crippen molar-refractivity contribution < 1.29 is 9.53 Å². The maximum atomic E-state index is 12.4. The topological polar surface area (TPSA) is 62.1 Å². The molecule has 0 unspecified atom stereocenters. The fraction of sp³-hybridized carbons (Fsp3) is 0.0909. The molecule has 0 fully saturated rings.